The fourth-order valence-corrected chi connectivity index (χ4v) is 2.83. The lowest BCUT2D eigenvalue weighted by atomic mass is 10.1. The van der Waals surface area contributed by atoms with Crippen LogP contribution in [0.2, 0.25) is 0 Å². The zero-order valence-electron chi connectivity index (χ0n) is 13.1. The third-order valence-corrected chi connectivity index (χ3v) is 3.93. The first kappa shape index (κ1) is 14.6. The van der Waals surface area contributed by atoms with Gasteiger partial charge in [0, 0.05) is 43.8 Å². The standard InChI is InChI=1S/C17H22N4O/c1-13(2)19-17(22)21-11-9-20(10-12-21)15-7-3-5-14-6-4-8-18-16(14)15/h3-8,13H,9-12H2,1-2H3,(H,19,22). The molecule has 1 fully saturated rings. The van der Waals surface area contributed by atoms with Gasteiger partial charge < -0.3 is 15.1 Å². The van der Waals surface area contributed by atoms with E-state index in [0.29, 0.717) is 0 Å². The van der Waals surface area contributed by atoms with E-state index in [2.05, 4.69) is 39.5 Å². The Balaban J connectivity index is 1.72. The van der Waals surface area contributed by atoms with Crippen LogP contribution in [0.3, 0.4) is 0 Å². The van der Waals surface area contributed by atoms with Crippen LogP contribution in [0.15, 0.2) is 36.5 Å². The number of fused-ring (bicyclic) bond motifs is 1. The monoisotopic (exact) mass is 298 g/mol. The number of nitrogens with one attached hydrogen (secondary N) is 1. The maximum atomic E-state index is 12.0. The van der Waals surface area contributed by atoms with Crippen molar-refractivity contribution in [2.24, 2.45) is 0 Å². The molecule has 3 rings (SSSR count). The van der Waals surface area contributed by atoms with Crippen LogP contribution in [0.1, 0.15) is 13.8 Å². The van der Waals surface area contributed by atoms with Crippen LogP contribution in [-0.2, 0) is 0 Å². The number of piperazine rings is 1. The first-order valence-corrected chi connectivity index (χ1v) is 7.79. The molecule has 5 heteroatoms. The van der Waals surface area contributed by atoms with Gasteiger partial charge in [0.2, 0.25) is 0 Å². The molecule has 0 aliphatic carbocycles. The Kier molecular flexibility index (Phi) is 4.13. The average molecular weight is 298 g/mol. The summed E-state index contributed by atoms with van der Waals surface area (Å²) >= 11 is 0. The number of aromatic nitrogens is 1. The highest BCUT2D eigenvalue weighted by molar-refractivity contribution is 5.90. The Morgan fingerprint density at radius 3 is 2.59 bits per heavy atom. The number of rotatable bonds is 2. The van der Waals surface area contributed by atoms with Crippen molar-refractivity contribution in [3.05, 3.63) is 36.5 Å². The highest BCUT2D eigenvalue weighted by atomic mass is 16.2. The topological polar surface area (TPSA) is 48.5 Å². The van der Waals surface area contributed by atoms with Crippen molar-refractivity contribution >= 4 is 22.6 Å². The minimum Gasteiger partial charge on any atom is -0.366 e. The first-order valence-electron chi connectivity index (χ1n) is 7.79. The van der Waals surface area contributed by atoms with Crippen LogP contribution < -0.4 is 10.2 Å². The molecule has 1 aromatic carbocycles. The second-order valence-corrected chi connectivity index (χ2v) is 5.93. The van der Waals surface area contributed by atoms with E-state index in [-0.39, 0.29) is 12.1 Å². The number of benzene rings is 1. The van der Waals surface area contributed by atoms with E-state index in [1.54, 1.807) is 0 Å². The van der Waals surface area contributed by atoms with E-state index in [1.165, 1.54) is 0 Å². The summed E-state index contributed by atoms with van der Waals surface area (Å²) in [5.41, 5.74) is 2.19. The summed E-state index contributed by atoms with van der Waals surface area (Å²) in [6.07, 6.45) is 1.83. The predicted octanol–water partition coefficient (Wildman–Crippen LogP) is 2.47. The molecule has 2 amide bonds. The molecule has 5 nitrogen and oxygen atoms in total. The Morgan fingerprint density at radius 1 is 1.14 bits per heavy atom. The van der Waals surface area contributed by atoms with E-state index in [0.717, 1.165) is 42.8 Å². The molecule has 1 aliphatic rings. The normalized spacial score (nSPS) is 15.4. The van der Waals surface area contributed by atoms with E-state index in [1.807, 2.05) is 31.0 Å². The van der Waals surface area contributed by atoms with Gasteiger partial charge in [0.1, 0.15) is 0 Å². The average Bonchev–Trinajstić information content (AvgIpc) is 2.54. The molecule has 2 aromatic rings. The molecule has 22 heavy (non-hydrogen) atoms. The van der Waals surface area contributed by atoms with Crippen molar-refractivity contribution in [2.45, 2.75) is 19.9 Å². The third kappa shape index (κ3) is 2.98. The number of anilines is 1. The number of hydrogen-bond donors (Lipinski definition) is 1. The molecule has 0 unspecified atom stereocenters. The van der Waals surface area contributed by atoms with Gasteiger partial charge in [-0.2, -0.15) is 0 Å². The predicted molar refractivity (Wildman–Crippen MR) is 89.2 cm³/mol. The maximum absolute atomic E-state index is 12.0. The van der Waals surface area contributed by atoms with Gasteiger partial charge in [-0.25, -0.2) is 4.79 Å². The zero-order chi connectivity index (χ0) is 15.5. The number of nitrogens with zero attached hydrogens (tertiary/aromatic N) is 3. The summed E-state index contributed by atoms with van der Waals surface area (Å²) in [6.45, 7) is 7.11. The molecule has 1 saturated heterocycles. The lowest BCUT2D eigenvalue weighted by Gasteiger charge is -2.36. The number of hydrogen-bond acceptors (Lipinski definition) is 3. The van der Waals surface area contributed by atoms with E-state index >= 15 is 0 Å². The quantitative estimate of drug-likeness (QED) is 0.926. The molecule has 116 valence electrons. The molecule has 0 radical (unpaired) electrons. The highest BCUT2D eigenvalue weighted by Crippen LogP contribution is 2.25. The van der Waals surface area contributed by atoms with Gasteiger partial charge in [0.25, 0.3) is 0 Å². The van der Waals surface area contributed by atoms with E-state index in [4.69, 9.17) is 0 Å². The van der Waals surface area contributed by atoms with Crippen LogP contribution in [0.25, 0.3) is 10.9 Å². The largest absolute Gasteiger partial charge is 0.366 e. The molecule has 0 spiro atoms. The Labute approximate surface area is 130 Å². The van der Waals surface area contributed by atoms with Crippen molar-refractivity contribution in [2.75, 3.05) is 31.1 Å². The Bertz CT molecular complexity index is 657. The number of amides is 2. The van der Waals surface area contributed by atoms with Gasteiger partial charge >= 0.3 is 6.03 Å². The van der Waals surface area contributed by atoms with Crippen molar-refractivity contribution in [3.8, 4) is 0 Å². The van der Waals surface area contributed by atoms with Crippen molar-refractivity contribution in [3.63, 3.8) is 0 Å². The van der Waals surface area contributed by atoms with Crippen LogP contribution in [0, 0.1) is 0 Å². The first-order chi connectivity index (χ1) is 10.6. The lowest BCUT2D eigenvalue weighted by Crippen LogP contribution is -2.53. The number of carbonyl (C=O) groups is 1. The van der Waals surface area contributed by atoms with Crippen molar-refractivity contribution < 1.29 is 4.79 Å². The van der Waals surface area contributed by atoms with E-state index < -0.39 is 0 Å². The van der Waals surface area contributed by atoms with Gasteiger partial charge in [-0.15, -0.1) is 0 Å². The molecular formula is C17H22N4O. The number of urea groups is 1. The molecule has 0 saturated carbocycles. The van der Waals surface area contributed by atoms with Crippen molar-refractivity contribution in [1.82, 2.24) is 15.2 Å². The summed E-state index contributed by atoms with van der Waals surface area (Å²) in [6, 6.07) is 10.5. The second kappa shape index (κ2) is 6.22. The minimum atomic E-state index is 0.0331. The molecule has 1 aromatic heterocycles. The number of carbonyl (C=O) groups excluding carboxylic acids is 1. The molecule has 1 N–H and O–H groups in total. The smallest absolute Gasteiger partial charge is 0.317 e. The lowest BCUT2D eigenvalue weighted by molar-refractivity contribution is 0.192. The van der Waals surface area contributed by atoms with Crippen LogP contribution >= 0.6 is 0 Å². The summed E-state index contributed by atoms with van der Waals surface area (Å²) < 4.78 is 0. The fraction of sp³-hybridized carbons (Fsp3) is 0.412. The SMILES string of the molecule is CC(C)NC(=O)N1CCN(c2cccc3cccnc23)CC1. The van der Waals surface area contributed by atoms with E-state index in [9.17, 15) is 4.79 Å². The molecule has 0 atom stereocenters. The maximum Gasteiger partial charge on any atom is 0.317 e. The molecular weight excluding hydrogens is 276 g/mol. The summed E-state index contributed by atoms with van der Waals surface area (Å²) in [5.74, 6) is 0. The van der Waals surface area contributed by atoms with Gasteiger partial charge in [-0.3, -0.25) is 4.98 Å². The Hall–Kier alpha value is -2.30. The third-order valence-electron chi connectivity index (χ3n) is 3.93. The van der Waals surface area contributed by atoms with Gasteiger partial charge in [0.15, 0.2) is 0 Å². The summed E-state index contributed by atoms with van der Waals surface area (Å²) in [4.78, 5) is 20.8. The van der Waals surface area contributed by atoms with Crippen LogP contribution in [0.5, 0.6) is 0 Å². The zero-order valence-corrected chi connectivity index (χ0v) is 13.1. The number of para-hydroxylation sites is 1. The second-order valence-electron chi connectivity index (χ2n) is 5.93. The summed E-state index contributed by atoms with van der Waals surface area (Å²) in [7, 11) is 0. The van der Waals surface area contributed by atoms with Gasteiger partial charge in [-0.05, 0) is 26.0 Å². The van der Waals surface area contributed by atoms with Crippen LogP contribution in [0.4, 0.5) is 10.5 Å². The molecule has 0 bridgehead atoms. The molecule has 1 aliphatic heterocycles. The molecule has 2 heterocycles. The van der Waals surface area contributed by atoms with Gasteiger partial charge in [-0.1, -0.05) is 18.2 Å². The number of pyridine rings is 1. The van der Waals surface area contributed by atoms with Gasteiger partial charge in [0.05, 0.1) is 11.2 Å². The Morgan fingerprint density at radius 2 is 1.86 bits per heavy atom. The minimum absolute atomic E-state index is 0.0331. The highest BCUT2D eigenvalue weighted by Gasteiger charge is 2.22. The summed E-state index contributed by atoms with van der Waals surface area (Å²) in [5, 5.41) is 4.11. The fourth-order valence-electron chi connectivity index (χ4n) is 2.83. The van der Waals surface area contributed by atoms with Crippen LogP contribution in [-0.4, -0.2) is 48.1 Å². The van der Waals surface area contributed by atoms with Crippen molar-refractivity contribution in [1.29, 1.82) is 0 Å².